The maximum atomic E-state index is 12.6. The molecule has 0 saturated carbocycles. The lowest BCUT2D eigenvalue weighted by molar-refractivity contribution is 0.193. The standard InChI is InChI=1S/C18H21FN4O2S/c1-26(21,24)11-13-5-7-23(8-6-13)18-14(9-20)10-22-17-15(18)3-2-4-16(17)25-12-19/h2-4,10,13,21H,5-8,11-12H2,1H3. The summed E-state index contributed by atoms with van der Waals surface area (Å²) in [5, 5.41) is 10.3. The molecule has 1 fully saturated rings. The first-order valence-electron chi connectivity index (χ1n) is 8.40. The van der Waals surface area contributed by atoms with Gasteiger partial charge in [0.05, 0.1) is 11.3 Å². The Bertz CT molecular complexity index is 948. The smallest absolute Gasteiger partial charge is 0.228 e. The molecule has 2 heterocycles. The molecule has 26 heavy (non-hydrogen) atoms. The van der Waals surface area contributed by atoms with Crippen molar-refractivity contribution in [3.63, 3.8) is 0 Å². The number of rotatable bonds is 5. The first-order valence-corrected chi connectivity index (χ1v) is 10.5. The zero-order valence-electron chi connectivity index (χ0n) is 14.6. The van der Waals surface area contributed by atoms with Gasteiger partial charge in [0, 0.05) is 46.4 Å². The van der Waals surface area contributed by atoms with E-state index in [1.54, 1.807) is 12.1 Å². The third-order valence-corrected chi connectivity index (χ3v) is 5.75. The second-order valence-corrected chi connectivity index (χ2v) is 8.98. The van der Waals surface area contributed by atoms with Crippen molar-refractivity contribution < 1.29 is 13.3 Å². The molecule has 1 atom stereocenters. The molecule has 1 aliphatic heterocycles. The van der Waals surface area contributed by atoms with Gasteiger partial charge in [-0.05, 0) is 24.8 Å². The van der Waals surface area contributed by atoms with Gasteiger partial charge < -0.3 is 9.64 Å². The molecule has 1 aromatic heterocycles. The number of anilines is 1. The van der Waals surface area contributed by atoms with E-state index in [4.69, 9.17) is 9.52 Å². The van der Waals surface area contributed by atoms with Gasteiger partial charge in [-0.25, -0.2) is 4.39 Å². The molecule has 6 nitrogen and oxygen atoms in total. The van der Waals surface area contributed by atoms with Crippen molar-refractivity contribution in [2.24, 2.45) is 5.92 Å². The second kappa shape index (κ2) is 7.46. The van der Waals surface area contributed by atoms with Gasteiger partial charge in [0.25, 0.3) is 0 Å². The van der Waals surface area contributed by atoms with Crippen LogP contribution in [-0.4, -0.2) is 41.2 Å². The van der Waals surface area contributed by atoms with Crippen molar-refractivity contribution in [2.75, 3.05) is 36.9 Å². The van der Waals surface area contributed by atoms with E-state index in [1.807, 2.05) is 6.07 Å². The number of para-hydroxylation sites is 1. The van der Waals surface area contributed by atoms with E-state index >= 15 is 0 Å². The van der Waals surface area contributed by atoms with E-state index in [0.717, 1.165) is 23.9 Å². The molecule has 1 unspecified atom stereocenters. The molecule has 0 bridgehead atoms. The quantitative estimate of drug-likeness (QED) is 0.865. The van der Waals surface area contributed by atoms with Crippen LogP contribution in [0.4, 0.5) is 10.1 Å². The van der Waals surface area contributed by atoms with Crippen LogP contribution in [0.2, 0.25) is 0 Å². The van der Waals surface area contributed by atoms with Crippen LogP contribution in [0.1, 0.15) is 18.4 Å². The maximum absolute atomic E-state index is 12.6. The molecule has 8 heteroatoms. The minimum Gasteiger partial charge on any atom is -0.461 e. The number of halogens is 1. The van der Waals surface area contributed by atoms with Crippen molar-refractivity contribution in [3.8, 4) is 11.8 Å². The molecule has 1 aromatic carbocycles. The Morgan fingerprint density at radius 3 is 2.81 bits per heavy atom. The number of fused-ring (bicyclic) bond motifs is 1. The van der Waals surface area contributed by atoms with E-state index in [-0.39, 0.29) is 5.92 Å². The Kier molecular flexibility index (Phi) is 5.28. The normalized spacial score (nSPS) is 17.7. The Morgan fingerprint density at radius 1 is 1.46 bits per heavy atom. The Hall–Kier alpha value is -2.40. The average Bonchev–Trinajstić information content (AvgIpc) is 2.61. The van der Waals surface area contributed by atoms with Crippen LogP contribution in [0.3, 0.4) is 0 Å². The molecule has 2 aromatic rings. The minimum atomic E-state index is -2.50. The van der Waals surface area contributed by atoms with Gasteiger partial charge in [-0.15, -0.1) is 0 Å². The highest BCUT2D eigenvalue weighted by Crippen LogP contribution is 2.36. The summed E-state index contributed by atoms with van der Waals surface area (Å²) in [6.07, 6.45) is 4.62. The zero-order chi connectivity index (χ0) is 18.7. The van der Waals surface area contributed by atoms with E-state index in [2.05, 4.69) is 16.0 Å². The summed E-state index contributed by atoms with van der Waals surface area (Å²) in [6, 6.07) is 7.47. The largest absolute Gasteiger partial charge is 0.461 e. The molecule has 0 aliphatic carbocycles. The van der Waals surface area contributed by atoms with Crippen LogP contribution in [0.15, 0.2) is 24.4 Å². The van der Waals surface area contributed by atoms with E-state index < -0.39 is 16.6 Å². The molecule has 0 spiro atoms. The fraction of sp³-hybridized carbons (Fsp3) is 0.444. The van der Waals surface area contributed by atoms with Gasteiger partial charge in [0.1, 0.15) is 17.3 Å². The molecular weight excluding hydrogens is 355 g/mol. The summed E-state index contributed by atoms with van der Waals surface area (Å²) in [6.45, 7) is 0.481. The van der Waals surface area contributed by atoms with Crippen LogP contribution in [-0.2, 0) is 9.73 Å². The monoisotopic (exact) mass is 376 g/mol. The molecule has 0 radical (unpaired) electrons. The van der Waals surface area contributed by atoms with Crippen molar-refractivity contribution >= 4 is 26.3 Å². The third-order valence-electron chi connectivity index (χ3n) is 4.65. The molecule has 1 N–H and O–H groups in total. The van der Waals surface area contributed by atoms with Gasteiger partial charge in [-0.1, -0.05) is 12.1 Å². The minimum absolute atomic E-state index is 0.255. The average molecular weight is 376 g/mol. The van der Waals surface area contributed by atoms with Crippen LogP contribution >= 0.6 is 0 Å². The number of nitrogens with zero attached hydrogens (tertiary/aromatic N) is 3. The Balaban J connectivity index is 1.95. The summed E-state index contributed by atoms with van der Waals surface area (Å²) < 4.78 is 37.0. The number of nitrogens with one attached hydrogen (secondary N) is 1. The fourth-order valence-electron chi connectivity index (χ4n) is 3.55. The number of hydrogen-bond donors (Lipinski definition) is 1. The lowest BCUT2D eigenvalue weighted by atomic mass is 9.97. The number of pyridine rings is 1. The number of alkyl halides is 1. The van der Waals surface area contributed by atoms with Crippen molar-refractivity contribution in [1.29, 1.82) is 10.0 Å². The van der Waals surface area contributed by atoms with E-state index in [1.165, 1.54) is 12.5 Å². The number of nitriles is 1. The van der Waals surface area contributed by atoms with Crippen molar-refractivity contribution in [2.45, 2.75) is 12.8 Å². The highest BCUT2D eigenvalue weighted by atomic mass is 32.2. The summed E-state index contributed by atoms with van der Waals surface area (Å²) in [5.74, 6) is 1.02. The van der Waals surface area contributed by atoms with E-state index in [9.17, 15) is 13.9 Å². The first-order chi connectivity index (χ1) is 12.4. The van der Waals surface area contributed by atoms with E-state index in [0.29, 0.717) is 35.7 Å². The number of ether oxygens (including phenoxy) is 1. The zero-order valence-corrected chi connectivity index (χ0v) is 15.4. The third kappa shape index (κ3) is 3.88. The van der Waals surface area contributed by atoms with Gasteiger partial charge in [0.2, 0.25) is 6.86 Å². The highest BCUT2D eigenvalue weighted by Gasteiger charge is 2.25. The molecule has 3 rings (SSSR count). The fourth-order valence-corrected chi connectivity index (χ4v) is 4.79. The molecule has 1 aliphatic rings. The predicted octanol–water partition coefficient (Wildman–Crippen LogP) is 3.31. The SMILES string of the molecule is CS(=N)(=O)CC1CCN(c2c(C#N)cnc3c(OCF)cccc23)CC1. The summed E-state index contributed by atoms with van der Waals surface area (Å²) in [4.78, 5) is 6.41. The number of benzene rings is 1. The second-order valence-electron chi connectivity index (χ2n) is 6.64. The van der Waals surface area contributed by atoms with Crippen molar-refractivity contribution in [1.82, 2.24) is 4.98 Å². The van der Waals surface area contributed by atoms with Gasteiger partial charge in [0.15, 0.2) is 0 Å². The summed E-state index contributed by atoms with van der Waals surface area (Å²) in [7, 11) is -2.50. The lowest BCUT2D eigenvalue weighted by Crippen LogP contribution is -2.36. The van der Waals surface area contributed by atoms with Gasteiger partial charge in [-0.2, -0.15) is 5.26 Å². The van der Waals surface area contributed by atoms with Gasteiger partial charge in [-0.3, -0.25) is 14.0 Å². The van der Waals surface area contributed by atoms with Crippen LogP contribution in [0.25, 0.3) is 10.9 Å². The first kappa shape index (κ1) is 18.4. The maximum Gasteiger partial charge on any atom is 0.228 e. The lowest BCUT2D eigenvalue weighted by Gasteiger charge is -2.34. The van der Waals surface area contributed by atoms with Crippen molar-refractivity contribution in [3.05, 3.63) is 30.0 Å². The van der Waals surface area contributed by atoms with Crippen LogP contribution in [0.5, 0.6) is 5.75 Å². The molecule has 138 valence electrons. The Morgan fingerprint density at radius 2 is 2.19 bits per heavy atom. The number of piperidine rings is 1. The highest BCUT2D eigenvalue weighted by molar-refractivity contribution is 7.91. The predicted molar refractivity (Wildman–Crippen MR) is 99.7 cm³/mol. The molecular formula is C18H21FN4O2S. The summed E-state index contributed by atoms with van der Waals surface area (Å²) in [5.41, 5.74) is 1.78. The molecule has 0 amide bonds. The Labute approximate surface area is 152 Å². The van der Waals surface area contributed by atoms with Crippen LogP contribution < -0.4 is 9.64 Å². The van der Waals surface area contributed by atoms with Gasteiger partial charge >= 0.3 is 0 Å². The number of aromatic nitrogens is 1. The van der Waals surface area contributed by atoms with Crippen LogP contribution in [0, 0.1) is 22.0 Å². The number of hydrogen-bond acceptors (Lipinski definition) is 6. The topological polar surface area (TPSA) is 90.1 Å². The molecule has 1 saturated heterocycles. The summed E-state index contributed by atoms with van der Waals surface area (Å²) >= 11 is 0.